The summed E-state index contributed by atoms with van der Waals surface area (Å²) in [4.78, 5) is 23.7. The van der Waals surface area contributed by atoms with Crippen molar-refractivity contribution in [1.29, 1.82) is 0 Å². The number of hydrogen-bond donors (Lipinski definition) is 2. The van der Waals surface area contributed by atoms with Crippen molar-refractivity contribution < 1.29 is 9.59 Å². The smallest absolute Gasteiger partial charge is 0.250 e. The van der Waals surface area contributed by atoms with Crippen LogP contribution in [0.1, 0.15) is 15.9 Å². The molecule has 0 bridgehead atoms. The number of amides is 2. The zero-order valence-corrected chi connectivity index (χ0v) is 13.6. The van der Waals surface area contributed by atoms with Gasteiger partial charge in [0.15, 0.2) is 0 Å². The monoisotopic (exact) mass is 330 g/mol. The first-order chi connectivity index (χ1) is 12.1. The number of carbonyl (C=O) groups excluding carboxylic acids is 2. The first kappa shape index (κ1) is 16.5. The van der Waals surface area contributed by atoms with Crippen LogP contribution in [0.3, 0.4) is 0 Å². The van der Waals surface area contributed by atoms with Gasteiger partial charge in [0, 0.05) is 0 Å². The Hall–Kier alpha value is -3.40. The summed E-state index contributed by atoms with van der Waals surface area (Å²) in [5.41, 5.74) is 9.19. The summed E-state index contributed by atoms with van der Waals surface area (Å²) in [6, 6.07) is 24.6. The molecule has 0 spiro atoms. The molecule has 3 rings (SSSR count). The van der Waals surface area contributed by atoms with E-state index in [4.69, 9.17) is 5.73 Å². The van der Waals surface area contributed by atoms with E-state index in [0.717, 1.165) is 16.7 Å². The van der Waals surface area contributed by atoms with Crippen LogP contribution >= 0.6 is 0 Å². The van der Waals surface area contributed by atoms with Crippen molar-refractivity contribution in [2.24, 2.45) is 5.73 Å². The molecular weight excluding hydrogens is 312 g/mol. The third-order valence-corrected chi connectivity index (χ3v) is 3.89. The molecule has 4 nitrogen and oxygen atoms in total. The lowest BCUT2D eigenvalue weighted by Crippen LogP contribution is -2.19. The molecule has 0 aliphatic heterocycles. The molecule has 3 N–H and O–H groups in total. The van der Waals surface area contributed by atoms with Gasteiger partial charge in [-0.25, -0.2) is 0 Å². The molecule has 0 fully saturated rings. The Kier molecular flexibility index (Phi) is 4.90. The molecule has 0 aliphatic rings. The fourth-order valence-corrected chi connectivity index (χ4v) is 2.63. The Morgan fingerprint density at radius 2 is 1.36 bits per heavy atom. The molecule has 0 atom stereocenters. The second-order valence-corrected chi connectivity index (χ2v) is 5.70. The molecule has 0 aliphatic carbocycles. The van der Waals surface area contributed by atoms with Gasteiger partial charge in [-0.2, -0.15) is 0 Å². The molecular formula is C21H18N2O2. The highest BCUT2D eigenvalue weighted by molar-refractivity contribution is 6.03. The lowest BCUT2D eigenvalue weighted by Gasteiger charge is -2.09. The van der Waals surface area contributed by atoms with E-state index in [0.29, 0.717) is 11.3 Å². The van der Waals surface area contributed by atoms with Gasteiger partial charge < -0.3 is 11.1 Å². The van der Waals surface area contributed by atoms with E-state index in [1.807, 2.05) is 54.6 Å². The zero-order valence-electron chi connectivity index (χ0n) is 13.6. The number of rotatable bonds is 5. The van der Waals surface area contributed by atoms with Crippen molar-refractivity contribution in [2.75, 3.05) is 5.32 Å². The molecule has 0 unspecified atom stereocenters. The second-order valence-electron chi connectivity index (χ2n) is 5.70. The summed E-state index contributed by atoms with van der Waals surface area (Å²) in [5, 5.41) is 2.75. The summed E-state index contributed by atoms with van der Waals surface area (Å²) in [6.45, 7) is 0. The van der Waals surface area contributed by atoms with Crippen LogP contribution in [0, 0.1) is 0 Å². The highest BCUT2D eigenvalue weighted by Crippen LogP contribution is 2.20. The minimum Gasteiger partial charge on any atom is -0.366 e. The lowest BCUT2D eigenvalue weighted by molar-refractivity contribution is -0.115. The van der Waals surface area contributed by atoms with E-state index in [9.17, 15) is 9.59 Å². The number of nitrogens with one attached hydrogen (secondary N) is 1. The molecule has 25 heavy (non-hydrogen) atoms. The van der Waals surface area contributed by atoms with E-state index < -0.39 is 5.91 Å². The van der Waals surface area contributed by atoms with Gasteiger partial charge in [0.2, 0.25) is 5.91 Å². The molecule has 0 radical (unpaired) electrons. The fourth-order valence-electron chi connectivity index (χ4n) is 2.63. The van der Waals surface area contributed by atoms with Gasteiger partial charge in [-0.3, -0.25) is 9.59 Å². The normalized spacial score (nSPS) is 10.2. The van der Waals surface area contributed by atoms with Crippen molar-refractivity contribution >= 4 is 17.5 Å². The number of anilines is 1. The average molecular weight is 330 g/mol. The summed E-state index contributed by atoms with van der Waals surface area (Å²) >= 11 is 0. The minimum absolute atomic E-state index is 0.193. The largest absolute Gasteiger partial charge is 0.366 e. The first-order valence-electron chi connectivity index (χ1n) is 7.96. The average Bonchev–Trinajstić information content (AvgIpc) is 2.63. The number of para-hydroxylation sites is 1. The van der Waals surface area contributed by atoms with Crippen molar-refractivity contribution in [3.05, 3.63) is 90.0 Å². The Morgan fingerprint density at radius 1 is 0.760 bits per heavy atom. The topological polar surface area (TPSA) is 72.2 Å². The minimum atomic E-state index is -0.567. The van der Waals surface area contributed by atoms with Crippen LogP contribution in [0.4, 0.5) is 5.69 Å². The fraction of sp³-hybridized carbons (Fsp3) is 0.0476. The predicted molar refractivity (Wildman–Crippen MR) is 99.2 cm³/mol. The van der Waals surface area contributed by atoms with Crippen LogP contribution in [0.25, 0.3) is 11.1 Å². The number of primary amides is 1. The molecule has 0 saturated carbocycles. The Labute approximate surface area is 146 Å². The maximum atomic E-state index is 12.2. The van der Waals surface area contributed by atoms with Crippen LogP contribution in [0.5, 0.6) is 0 Å². The predicted octanol–water partition coefficient (Wildman–Crippen LogP) is 3.63. The highest BCUT2D eigenvalue weighted by Gasteiger charge is 2.10. The Morgan fingerprint density at radius 3 is 2.04 bits per heavy atom. The number of nitrogens with two attached hydrogens (primary N) is 1. The maximum Gasteiger partial charge on any atom is 0.250 e. The van der Waals surface area contributed by atoms with Gasteiger partial charge in [-0.05, 0) is 28.8 Å². The molecule has 4 heteroatoms. The number of carbonyl (C=O) groups is 2. The molecule has 3 aromatic rings. The van der Waals surface area contributed by atoms with Crippen molar-refractivity contribution in [2.45, 2.75) is 6.42 Å². The van der Waals surface area contributed by atoms with Gasteiger partial charge >= 0.3 is 0 Å². The second kappa shape index (κ2) is 7.45. The third-order valence-electron chi connectivity index (χ3n) is 3.89. The van der Waals surface area contributed by atoms with Crippen LogP contribution in [0.15, 0.2) is 78.9 Å². The van der Waals surface area contributed by atoms with Crippen LogP contribution < -0.4 is 11.1 Å². The summed E-state index contributed by atoms with van der Waals surface area (Å²) < 4.78 is 0. The lowest BCUT2D eigenvalue weighted by atomic mass is 10.0. The quantitative estimate of drug-likeness (QED) is 0.750. The van der Waals surface area contributed by atoms with Crippen molar-refractivity contribution in [3.63, 3.8) is 0 Å². The Balaban J connectivity index is 1.69. The van der Waals surface area contributed by atoms with E-state index in [1.54, 1.807) is 24.3 Å². The number of benzene rings is 3. The highest BCUT2D eigenvalue weighted by atomic mass is 16.2. The van der Waals surface area contributed by atoms with Crippen LogP contribution in [-0.4, -0.2) is 11.8 Å². The van der Waals surface area contributed by atoms with E-state index in [1.165, 1.54) is 0 Å². The van der Waals surface area contributed by atoms with E-state index in [2.05, 4.69) is 5.32 Å². The third kappa shape index (κ3) is 4.12. The summed E-state index contributed by atoms with van der Waals surface area (Å²) in [6.07, 6.45) is 0.224. The Bertz CT molecular complexity index is 887. The molecule has 3 aromatic carbocycles. The summed E-state index contributed by atoms with van der Waals surface area (Å²) in [5.74, 6) is -0.760. The first-order valence-corrected chi connectivity index (χ1v) is 7.96. The van der Waals surface area contributed by atoms with Crippen LogP contribution in [0.2, 0.25) is 0 Å². The summed E-state index contributed by atoms with van der Waals surface area (Å²) in [7, 11) is 0. The zero-order chi connectivity index (χ0) is 17.6. The van der Waals surface area contributed by atoms with Crippen molar-refractivity contribution in [1.82, 2.24) is 0 Å². The van der Waals surface area contributed by atoms with E-state index in [-0.39, 0.29) is 12.3 Å². The van der Waals surface area contributed by atoms with Gasteiger partial charge in [-0.15, -0.1) is 0 Å². The van der Waals surface area contributed by atoms with Gasteiger partial charge in [-0.1, -0.05) is 66.7 Å². The SMILES string of the molecule is NC(=O)c1ccccc1NC(=O)Cc1ccc(-c2ccccc2)cc1. The van der Waals surface area contributed by atoms with Gasteiger partial charge in [0.25, 0.3) is 5.91 Å². The molecule has 0 heterocycles. The molecule has 124 valence electrons. The maximum absolute atomic E-state index is 12.2. The van der Waals surface area contributed by atoms with Gasteiger partial charge in [0.1, 0.15) is 0 Å². The standard InChI is InChI=1S/C21H18N2O2/c22-21(25)18-8-4-5-9-19(18)23-20(24)14-15-10-12-17(13-11-15)16-6-2-1-3-7-16/h1-13H,14H2,(H2,22,25)(H,23,24). The van der Waals surface area contributed by atoms with Crippen LogP contribution in [-0.2, 0) is 11.2 Å². The molecule has 0 saturated heterocycles. The van der Waals surface area contributed by atoms with Crippen molar-refractivity contribution in [3.8, 4) is 11.1 Å². The number of hydrogen-bond acceptors (Lipinski definition) is 2. The van der Waals surface area contributed by atoms with E-state index >= 15 is 0 Å². The van der Waals surface area contributed by atoms with Gasteiger partial charge in [0.05, 0.1) is 17.7 Å². The molecule has 2 amide bonds. The molecule has 0 aromatic heterocycles.